The monoisotopic (exact) mass is 278 g/mol. The van der Waals surface area contributed by atoms with Gasteiger partial charge in [0.1, 0.15) is 0 Å². The van der Waals surface area contributed by atoms with Crippen LogP contribution in [0.1, 0.15) is 21.5 Å². The summed E-state index contributed by atoms with van der Waals surface area (Å²) in [6.45, 7) is 0.375. The molecule has 2 N–H and O–H groups in total. The fraction of sp³-hybridized carbons (Fsp3) is 0.0667. The van der Waals surface area contributed by atoms with Crippen LogP contribution in [0.4, 0.5) is 5.69 Å². The first-order valence-corrected chi connectivity index (χ1v) is 6.41. The number of rotatable bonds is 2. The molecule has 0 aromatic heterocycles. The van der Waals surface area contributed by atoms with Crippen LogP contribution in [0.3, 0.4) is 0 Å². The van der Waals surface area contributed by atoms with Crippen molar-refractivity contribution in [3.63, 3.8) is 0 Å². The molecule has 0 atom stereocenters. The van der Waals surface area contributed by atoms with E-state index in [-0.39, 0.29) is 5.91 Å². The van der Waals surface area contributed by atoms with Crippen LogP contribution in [0, 0.1) is 11.3 Å². The minimum absolute atomic E-state index is 0.271. The number of nitrogens with zero attached hydrogens (tertiary/aromatic N) is 1. The Bertz CT molecular complexity index is 738. The second-order valence-corrected chi connectivity index (χ2v) is 4.72. The maximum Gasteiger partial charge on any atom is 0.491 e. The van der Waals surface area contributed by atoms with Gasteiger partial charge in [-0.15, -0.1) is 0 Å². The molecule has 0 radical (unpaired) electrons. The molecule has 2 aromatic rings. The summed E-state index contributed by atoms with van der Waals surface area (Å²) in [4.78, 5) is 12.1. The third kappa shape index (κ3) is 2.65. The first-order valence-electron chi connectivity index (χ1n) is 6.41. The van der Waals surface area contributed by atoms with Crippen molar-refractivity contribution in [2.75, 3.05) is 5.32 Å². The first kappa shape index (κ1) is 13.4. The van der Waals surface area contributed by atoms with E-state index in [0.717, 1.165) is 5.56 Å². The minimum Gasteiger partial charge on any atom is -0.423 e. The summed E-state index contributed by atoms with van der Waals surface area (Å²) in [5.41, 5.74) is 3.15. The van der Waals surface area contributed by atoms with Crippen LogP contribution in [0.2, 0.25) is 0 Å². The third-order valence-corrected chi connectivity index (χ3v) is 3.34. The summed E-state index contributed by atoms with van der Waals surface area (Å²) < 4.78 is 5.11. The molecule has 1 aliphatic heterocycles. The van der Waals surface area contributed by atoms with E-state index >= 15 is 0 Å². The van der Waals surface area contributed by atoms with Gasteiger partial charge >= 0.3 is 7.12 Å². The second kappa shape index (κ2) is 5.41. The first-order chi connectivity index (χ1) is 10.2. The van der Waals surface area contributed by atoms with Gasteiger partial charge in [-0.1, -0.05) is 6.07 Å². The van der Waals surface area contributed by atoms with E-state index < -0.39 is 7.12 Å². The van der Waals surface area contributed by atoms with E-state index in [1.165, 1.54) is 0 Å². The molecule has 2 aromatic carbocycles. The van der Waals surface area contributed by atoms with Crippen molar-refractivity contribution in [2.45, 2.75) is 6.61 Å². The predicted molar refractivity (Wildman–Crippen MR) is 77.9 cm³/mol. The molecule has 0 unspecified atom stereocenters. The molecule has 6 heteroatoms. The smallest absolute Gasteiger partial charge is 0.423 e. The van der Waals surface area contributed by atoms with Crippen molar-refractivity contribution in [1.29, 1.82) is 5.26 Å². The topological polar surface area (TPSA) is 82.4 Å². The summed E-state index contributed by atoms with van der Waals surface area (Å²) >= 11 is 0. The van der Waals surface area contributed by atoms with Gasteiger partial charge in [0.25, 0.3) is 5.91 Å². The number of nitrogens with one attached hydrogen (secondary N) is 1. The lowest BCUT2D eigenvalue weighted by Crippen LogP contribution is -2.28. The molecule has 5 nitrogen and oxygen atoms in total. The van der Waals surface area contributed by atoms with Gasteiger partial charge in [-0.3, -0.25) is 4.79 Å². The van der Waals surface area contributed by atoms with Crippen molar-refractivity contribution >= 4 is 24.2 Å². The van der Waals surface area contributed by atoms with E-state index in [1.807, 2.05) is 12.1 Å². The zero-order valence-electron chi connectivity index (χ0n) is 11.0. The zero-order chi connectivity index (χ0) is 14.8. The average Bonchev–Trinajstić information content (AvgIpc) is 2.88. The fourth-order valence-electron chi connectivity index (χ4n) is 2.19. The van der Waals surface area contributed by atoms with Crippen molar-refractivity contribution in [2.24, 2.45) is 0 Å². The Labute approximate surface area is 121 Å². The maximum atomic E-state index is 12.1. The van der Waals surface area contributed by atoms with Gasteiger partial charge in [0, 0.05) is 11.3 Å². The summed E-state index contributed by atoms with van der Waals surface area (Å²) in [5, 5.41) is 21.1. The normalized spacial score (nSPS) is 12.7. The van der Waals surface area contributed by atoms with Crippen LogP contribution in [0.25, 0.3) is 0 Å². The molecule has 1 heterocycles. The minimum atomic E-state index is -0.938. The molecule has 21 heavy (non-hydrogen) atoms. The molecule has 0 aliphatic carbocycles. The van der Waals surface area contributed by atoms with Crippen molar-refractivity contribution < 1.29 is 14.5 Å². The fourth-order valence-corrected chi connectivity index (χ4v) is 2.19. The van der Waals surface area contributed by atoms with E-state index in [9.17, 15) is 9.82 Å². The lowest BCUT2D eigenvalue weighted by molar-refractivity contribution is 0.102. The number of carbonyl (C=O) groups excluding carboxylic acids is 1. The van der Waals surface area contributed by atoms with E-state index in [0.29, 0.717) is 28.9 Å². The highest BCUT2D eigenvalue weighted by atomic mass is 16.5. The van der Waals surface area contributed by atoms with Crippen LogP contribution in [0.5, 0.6) is 0 Å². The highest BCUT2D eigenvalue weighted by molar-refractivity contribution is 6.61. The summed E-state index contributed by atoms with van der Waals surface area (Å²) in [7, 11) is -0.938. The quantitative estimate of drug-likeness (QED) is 0.804. The molecule has 0 spiro atoms. The van der Waals surface area contributed by atoms with Crippen molar-refractivity contribution in [1.82, 2.24) is 0 Å². The van der Waals surface area contributed by atoms with Gasteiger partial charge in [-0.25, -0.2) is 0 Å². The number of hydrogen-bond acceptors (Lipinski definition) is 4. The summed E-state index contributed by atoms with van der Waals surface area (Å²) in [5.74, 6) is -0.271. The van der Waals surface area contributed by atoms with Crippen LogP contribution >= 0.6 is 0 Å². The SMILES string of the molecule is N#Cc1ccc(C(=O)Nc2ccc3c(c2)B(O)OC3)cc1. The Morgan fingerprint density at radius 1 is 1.29 bits per heavy atom. The van der Waals surface area contributed by atoms with Crippen molar-refractivity contribution in [3.8, 4) is 6.07 Å². The molecule has 1 amide bonds. The number of amides is 1. The largest absolute Gasteiger partial charge is 0.491 e. The van der Waals surface area contributed by atoms with Crippen molar-refractivity contribution in [3.05, 3.63) is 59.2 Å². The van der Waals surface area contributed by atoms with Crippen LogP contribution < -0.4 is 10.8 Å². The lowest BCUT2D eigenvalue weighted by atomic mass is 9.79. The molecule has 102 valence electrons. The van der Waals surface area contributed by atoms with E-state index in [2.05, 4.69) is 5.32 Å². The van der Waals surface area contributed by atoms with Gasteiger partial charge in [-0.05, 0) is 47.4 Å². The number of carbonyl (C=O) groups is 1. The molecule has 0 bridgehead atoms. The van der Waals surface area contributed by atoms with Gasteiger partial charge in [0.15, 0.2) is 0 Å². The van der Waals surface area contributed by atoms with Gasteiger partial charge in [0.05, 0.1) is 18.2 Å². The molecular formula is C15H11BN2O3. The Balaban J connectivity index is 1.78. The number of fused-ring (bicyclic) bond motifs is 1. The molecule has 0 fully saturated rings. The Morgan fingerprint density at radius 2 is 2.05 bits per heavy atom. The number of anilines is 1. The molecule has 3 rings (SSSR count). The standard InChI is InChI=1S/C15H11BN2O3/c17-8-10-1-3-11(4-2-10)15(19)18-13-6-5-12-9-21-16(20)14(12)7-13/h1-7,20H,9H2,(H,18,19). The van der Waals surface area contributed by atoms with Gasteiger partial charge < -0.3 is 15.0 Å². The zero-order valence-corrected chi connectivity index (χ0v) is 11.0. The maximum absolute atomic E-state index is 12.1. The number of hydrogen-bond donors (Lipinski definition) is 2. The predicted octanol–water partition coefficient (Wildman–Crippen LogP) is 1.03. The van der Waals surface area contributed by atoms with Gasteiger partial charge in [0.2, 0.25) is 0 Å². The number of benzene rings is 2. The lowest BCUT2D eigenvalue weighted by Gasteiger charge is -2.07. The molecule has 0 saturated carbocycles. The molecular weight excluding hydrogens is 267 g/mol. The average molecular weight is 278 g/mol. The molecule has 1 aliphatic rings. The third-order valence-electron chi connectivity index (χ3n) is 3.34. The van der Waals surface area contributed by atoms with Gasteiger partial charge in [-0.2, -0.15) is 5.26 Å². The van der Waals surface area contributed by atoms with Crippen LogP contribution in [-0.2, 0) is 11.3 Å². The summed E-state index contributed by atoms with van der Waals surface area (Å²) in [6, 6.07) is 13.7. The summed E-state index contributed by atoms with van der Waals surface area (Å²) in [6.07, 6.45) is 0. The second-order valence-electron chi connectivity index (χ2n) is 4.72. The number of nitriles is 1. The van der Waals surface area contributed by atoms with Crippen LogP contribution in [-0.4, -0.2) is 18.0 Å². The highest BCUT2D eigenvalue weighted by Crippen LogP contribution is 2.15. The van der Waals surface area contributed by atoms with E-state index in [1.54, 1.807) is 36.4 Å². The van der Waals surface area contributed by atoms with Crippen LogP contribution in [0.15, 0.2) is 42.5 Å². The highest BCUT2D eigenvalue weighted by Gasteiger charge is 2.27. The Kier molecular flexibility index (Phi) is 3.44. The Morgan fingerprint density at radius 3 is 2.76 bits per heavy atom. The van der Waals surface area contributed by atoms with E-state index in [4.69, 9.17) is 9.92 Å². The molecule has 0 saturated heterocycles. The Hall–Kier alpha value is -2.62.